The minimum Gasteiger partial charge on any atom is -0.497 e. The fraction of sp³-hybridized carbons (Fsp3) is 0.467. The molecule has 0 radical (unpaired) electrons. The van der Waals surface area contributed by atoms with Crippen molar-refractivity contribution in [1.29, 1.82) is 0 Å². The van der Waals surface area contributed by atoms with E-state index >= 15 is 0 Å². The Kier molecular flexibility index (Phi) is 3.60. The van der Waals surface area contributed by atoms with E-state index in [1.165, 1.54) is 0 Å². The van der Waals surface area contributed by atoms with Gasteiger partial charge in [-0.2, -0.15) is 0 Å². The summed E-state index contributed by atoms with van der Waals surface area (Å²) >= 11 is 0. The minimum absolute atomic E-state index is 0.0775. The Morgan fingerprint density at radius 3 is 2.74 bits per heavy atom. The van der Waals surface area contributed by atoms with Crippen molar-refractivity contribution >= 4 is 11.7 Å². The molecule has 19 heavy (non-hydrogen) atoms. The molecule has 1 aromatic rings. The van der Waals surface area contributed by atoms with Crippen LogP contribution in [0.15, 0.2) is 23.2 Å². The molecule has 0 atom stereocenters. The molecule has 0 spiro atoms. The lowest BCUT2D eigenvalue weighted by Gasteiger charge is -2.09. The Morgan fingerprint density at radius 2 is 2.21 bits per heavy atom. The van der Waals surface area contributed by atoms with Crippen LogP contribution in [-0.2, 0) is 4.74 Å². The molecular weight excluding hydrogens is 242 g/mol. The number of Topliss-reactive ketones (excluding diaryl/α,β-unsaturated/α-hetero) is 1. The zero-order chi connectivity index (χ0) is 14.0. The zero-order valence-corrected chi connectivity index (χ0v) is 11.8. The van der Waals surface area contributed by atoms with Gasteiger partial charge in [0, 0.05) is 12.0 Å². The van der Waals surface area contributed by atoms with E-state index in [1.807, 2.05) is 26.8 Å². The predicted molar refractivity (Wildman–Crippen MR) is 74.2 cm³/mol. The van der Waals surface area contributed by atoms with Gasteiger partial charge < -0.3 is 9.47 Å². The molecule has 0 saturated heterocycles. The second kappa shape index (κ2) is 5.03. The number of ketones is 1. The Hall–Kier alpha value is -1.84. The number of benzene rings is 1. The second-order valence-corrected chi connectivity index (χ2v) is 5.21. The summed E-state index contributed by atoms with van der Waals surface area (Å²) in [4.78, 5) is 16.5. The van der Waals surface area contributed by atoms with E-state index in [9.17, 15) is 4.79 Å². The van der Waals surface area contributed by atoms with Crippen LogP contribution in [0.25, 0.3) is 0 Å². The SMILES string of the molecule is CCC(=O)c1ccc(OC)cc1C1=NC(C)(C)CO1. The Morgan fingerprint density at radius 1 is 1.47 bits per heavy atom. The Labute approximate surface area is 113 Å². The molecule has 0 amide bonds. The third kappa shape index (κ3) is 2.78. The van der Waals surface area contributed by atoms with Crippen LogP contribution in [0.2, 0.25) is 0 Å². The van der Waals surface area contributed by atoms with Gasteiger partial charge in [0.2, 0.25) is 5.90 Å². The molecule has 4 heteroatoms. The number of carbonyl (C=O) groups is 1. The number of nitrogens with zero attached hydrogens (tertiary/aromatic N) is 1. The van der Waals surface area contributed by atoms with Gasteiger partial charge in [-0.3, -0.25) is 4.79 Å². The molecule has 0 N–H and O–H groups in total. The quantitative estimate of drug-likeness (QED) is 0.783. The largest absolute Gasteiger partial charge is 0.497 e. The first-order valence-electron chi connectivity index (χ1n) is 6.41. The number of hydrogen-bond donors (Lipinski definition) is 0. The second-order valence-electron chi connectivity index (χ2n) is 5.21. The molecule has 0 unspecified atom stereocenters. The molecule has 1 heterocycles. The molecule has 2 rings (SSSR count). The van der Waals surface area contributed by atoms with Crippen LogP contribution in [0.5, 0.6) is 5.75 Å². The first-order valence-corrected chi connectivity index (χ1v) is 6.41. The average molecular weight is 261 g/mol. The zero-order valence-electron chi connectivity index (χ0n) is 11.8. The van der Waals surface area contributed by atoms with E-state index in [1.54, 1.807) is 19.2 Å². The maximum atomic E-state index is 12.0. The third-order valence-corrected chi connectivity index (χ3v) is 3.04. The highest BCUT2D eigenvalue weighted by atomic mass is 16.5. The fourth-order valence-corrected chi connectivity index (χ4v) is 1.98. The molecule has 4 nitrogen and oxygen atoms in total. The predicted octanol–water partition coefficient (Wildman–Crippen LogP) is 2.84. The fourth-order valence-electron chi connectivity index (χ4n) is 1.98. The van der Waals surface area contributed by atoms with Gasteiger partial charge in [-0.15, -0.1) is 0 Å². The van der Waals surface area contributed by atoms with Crippen LogP contribution in [0, 0.1) is 0 Å². The molecule has 102 valence electrons. The minimum atomic E-state index is -0.245. The smallest absolute Gasteiger partial charge is 0.217 e. The number of aliphatic imine (C=N–C) groups is 1. The number of methoxy groups -OCH3 is 1. The van der Waals surface area contributed by atoms with Gasteiger partial charge in [-0.05, 0) is 32.0 Å². The van der Waals surface area contributed by atoms with E-state index < -0.39 is 0 Å². The van der Waals surface area contributed by atoms with Gasteiger partial charge in [0.15, 0.2) is 5.78 Å². The van der Waals surface area contributed by atoms with Gasteiger partial charge in [0.1, 0.15) is 12.4 Å². The van der Waals surface area contributed by atoms with Crippen molar-refractivity contribution in [2.24, 2.45) is 4.99 Å². The van der Waals surface area contributed by atoms with E-state index in [2.05, 4.69) is 4.99 Å². The maximum Gasteiger partial charge on any atom is 0.217 e. The highest BCUT2D eigenvalue weighted by Crippen LogP contribution is 2.26. The van der Waals surface area contributed by atoms with Gasteiger partial charge in [0.05, 0.1) is 18.2 Å². The maximum absolute atomic E-state index is 12.0. The number of carbonyl (C=O) groups excluding carboxylic acids is 1. The first kappa shape index (κ1) is 13.6. The molecule has 0 aliphatic carbocycles. The van der Waals surface area contributed by atoms with Crippen LogP contribution in [0.1, 0.15) is 43.1 Å². The third-order valence-electron chi connectivity index (χ3n) is 3.04. The van der Waals surface area contributed by atoms with Gasteiger partial charge in [-0.25, -0.2) is 4.99 Å². The summed E-state index contributed by atoms with van der Waals surface area (Å²) < 4.78 is 10.8. The molecule has 1 aromatic carbocycles. The summed E-state index contributed by atoms with van der Waals surface area (Å²) in [6, 6.07) is 5.37. The lowest BCUT2D eigenvalue weighted by molar-refractivity contribution is 0.0987. The van der Waals surface area contributed by atoms with Crippen molar-refractivity contribution in [2.75, 3.05) is 13.7 Å². The normalized spacial score (nSPS) is 16.7. The van der Waals surface area contributed by atoms with Crippen molar-refractivity contribution in [3.8, 4) is 5.75 Å². The van der Waals surface area contributed by atoms with Crippen molar-refractivity contribution in [1.82, 2.24) is 0 Å². The van der Waals surface area contributed by atoms with Gasteiger partial charge in [-0.1, -0.05) is 6.92 Å². The highest BCUT2D eigenvalue weighted by molar-refractivity contribution is 6.08. The Bertz CT molecular complexity index is 532. The molecule has 0 saturated carbocycles. The summed E-state index contributed by atoms with van der Waals surface area (Å²) in [5.74, 6) is 1.30. The van der Waals surface area contributed by atoms with Crippen molar-refractivity contribution < 1.29 is 14.3 Å². The van der Waals surface area contributed by atoms with Crippen molar-refractivity contribution in [3.63, 3.8) is 0 Å². The molecule has 0 bridgehead atoms. The van der Waals surface area contributed by atoms with Crippen LogP contribution in [0.3, 0.4) is 0 Å². The molecule has 0 aromatic heterocycles. The lowest BCUT2D eigenvalue weighted by Crippen LogP contribution is -2.17. The van der Waals surface area contributed by atoms with E-state index in [0.717, 1.165) is 5.56 Å². The molecule has 1 aliphatic rings. The van der Waals surface area contributed by atoms with Crippen LogP contribution in [0.4, 0.5) is 0 Å². The Balaban J connectivity index is 2.50. The average Bonchev–Trinajstić information content (AvgIpc) is 2.77. The summed E-state index contributed by atoms with van der Waals surface area (Å²) in [6.45, 7) is 6.37. The lowest BCUT2D eigenvalue weighted by atomic mass is 10.0. The van der Waals surface area contributed by atoms with Gasteiger partial charge >= 0.3 is 0 Å². The summed E-state index contributed by atoms with van der Waals surface area (Å²) in [5, 5.41) is 0. The molecular formula is C15H19NO3. The van der Waals surface area contributed by atoms with E-state index in [4.69, 9.17) is 9.47 Å². The summed E-state index contributed by atoms with van der Waals surface area (Å²) in [7, 11) is 1.60. The number of rotatable bonds is 4. The van der Waals surface area contributed by atoms with Crippen molar-refractivity contribution in [2.45, 2.75) is 32.7 Å². The number of ether oxygens (including phenoxy) is 2. The topological polar surface area (TPSA) is 47.9 Å². The molecule has 0 fully saturated rings. The van der Waals surface area contributed by atoms with E-state index in [-0.39, 0.29) is 11.3 Å². The molecule has 1 aliphatic heterocycles. The number of hydrogen-bond acceptors (Lipinski definition) is 4. The van der Waals surface area contributed by atoms with Crippen LogP contribution < -0.4 is 4.74 Å². The standard InChI is InChI=1S/C15H19NO3/c1-5-13(17)11-7-6-10(18-4)8-12(11)14-16-15(2,3)9-19-14/h6-8H,5,9H2,1-4H3. The monoisotopic (exact) mass is 261 g/mol. The van der Waals surface area contributed by atoms with Crippen LogP contribution >= 0.6 is 0 Å². The summed E-state index contributed by atoms with van der Waals surface area (Å²) in [6.07, 6.45) is 0.454. The first-order chi connectivity index (χ1) is 8.96. The highest BCUT2D eigenvalue weighted by Gasteiger charge is 2.29. The van der Waals surface area contributed by atoms with Crippen LogP contribution in [-0.4, -0.2) is 30.9 Å². The van der Waals surface area contributed by atoms with E-state index in [0.29, 0.717) is 30.2 Å². The summed E-state index contributed by atoms with van der Waals surface area (Å²) in [5.41, 5.74) is 1.11. The van der Waals surface area contributed by atoms with Gasteiger partial charge in [0.25, 0.3) is 0 Å². The van der Waals surface area contributed by atoms with Crippen molar-refractivity contribution in [3.05, 3.63) is 29.3 Å².